The minimum Gasteiger partial charge on any atom is -0.358 e. The van der Waals surface area contributed by atoms with E-state index in [1.807, 2.05) is 30.3 Å². The molecule has 0 saturated carbocycles. The van der Waals surface area contributed by atoms with E-state index < -0.39 is 0 Å². The van der Waals surface area contributed by atoms with E-state index in [4.69, 9.17) is 5.73 Å². The number of carbonyl (C=O) groups is 1. The van der Waals surface area contributed by atoms with Gasteiger partial charge in [-0.1, -0.05) is 36.8 Å². The van der Waals surface area contributed by atoms with Gasteiger partial charge in [-0.25, -0.2) is 0 Å². The fraction of sp³-hybridized carbons (Fsp3) is 0.533. The van der Waals surface area contributed by atoms with Crippen LogP contribution in [0.1, 0.15) is 30.9 Å². The Morgan fingerprint density at radius 3 is 2.84 bits per heavy atom. The fourth-order valence-electron chi connectivity index (χ4n) is 2.73. The molecule has 2 rings (SSSR count). The second-order valence-electron chi connectivity index (χ2n) is 5.14. The first kappa shape index (κ1) is 14.0. The monoisotopic (exact) mass is 261 g/mol. The lowest BCUT2D eigenvalue weighted by Gasteiger charge is -2.36. The molecule has 1 aromatic rings. The number of likely N-dealkylation sites (tertiary alicyclic amines) is 1. The van der Waals surface area contributed by atoms with Crippen molar-refractivity contribution >= 4 is 5.91 Å². The van der Waals surface area contributed by atoms with Gasteiger partial charge < -0.3 is 11.1 Å². The van der Waals surface area contributed by atoms with Crippen molar-refractivity contribution < 1.29 is 4.79 Å². The van der Waals surface area contributed by atoms with E-state index in [1.165, 1.54) is 0 Å². The van der Waals surface area contributed by atoms with Crippen LogP contribution >= 0.6 is 0 Å². The van der Waals surface area contributed by atoms with Gasteiger partial charge in [-0.2, -0.15) is 0 Å². The summed E-state index contributed by atoms with van der Waals surface area (Å²) in [6.07, 6.45) is 3.20. The summed E-state index contributed by atoms with van der Waals surface area (Å²) in [5.74, 6) is 0.111. The Labute approximate surface area is 115 Å². The van der Waals surface area contributed by atoms with Crippen LogP contribution in [0.5, 0.6) is 0 Å². The number of nitrogens with two attached hydrogens (primary N) is 1. The number of amides is 1. The third kappa shape index (κ3) is 3.55. The first-order valence-electron chi connectivity index (χ1n) is 6.98. The van der Waals surface area contributed by atoms with E-state index in [9.17, 15) is 4.79 Å². The summed E-state index contributed by atoms with van der Waals surface area (Å²) >= 11 is 0. The largest absolute Gasteiger partial charge is 0.358 e. The highest BCUT2D eigenvalue weighted by Gasteiger charge is 2.29. The number of nitrogens with zero attached hydrogens (tertiary/aromatic N) is 1. The molecule has 4 heteroatoms. The summed E-state index contributed by atoms with van der Waals surface area (Å²) in [5, 5.41) is 2.76. The molecule has 1 heterocycles. The van der Waals surface area contributed by atoms with E-state index in [1.54, 1.807) is 7.05 Å². The van der Waals surface area contributed by atoms with Crippen molar-refractivity contribution in [3.05, 3.63) is 35.9 Å². The number of hydrogen-bond donors (Lipinski definition) is 2. The molecule has 1 aliphatic heterocycles. The van der Waals surface area contributed by atoms with Crippen LogP contribution in [0, 0.1) is 0 Å². The molecule has 0 spiro atoms. The van der Waals surface area contributed by atoms with Crippen molar-refractivity contribution in [3.63, 3.8) is 0 Å². The summed E-state index contributed by atoms with van der Waals surface area (Å²) in [5.41, 5.74) is 7.38. The van der Waals surface area contributed by atoms with E-state index in [-0.39, 0.29) is 18.0 Å². The summed E-state index contributed by atoms with van der Waals surface area (Å²) in [7, 11) is 1.70. The number of hydrogen-bond acceptors (Lipinski definition) is 3. The zero-order valence-corrected chi connectivity index (χ0v) is 11.5. The van der Waals surface area contributed by atoms with Crippen molar-refractivity contribution in [2.75, 3.05) is 20.1 Å². The van der Waals surface area contributed by atoms with Crippen LogP contribution in [0.2, 0.25) is 0 Å². The molecule has 1 amide bonds. The topological polar surface area (TPSA) is 58.4 Å². The normalized spacial score (nSPS) is 21.9. The Kier molecular flexibility index (Phi) is 4.93. The SMILES string of the molecule is CNC(=O)C1CCCCN1CC(N)c1ccccc1. The van der Waals surface area contributed by atoms with Crippen molar-refractivity contribution in [2.45, 2.75) is 31.3 Å². The maximum absolute atomic E-state index is 11.9. The molecular formula is C15H23N3O. The number of benzene rings is 1. The van der Waals surface area contributed by atoms with Gasteiger partial charge in [-0.3, -0.25) is 9.69 Å². The molecule has 1 aliphatic rings. The first-order chi connectivity index (χ1) is 9.22. The number of nitrogens with one attached hydrogen (secondary N) is 1. The number of piperidine rings is 1. The average molecular weight is 261 g/mol. The van der Waals surface area contributed by atoms with Crippen LogP contribution < -0.4 is 11.1 Å². The molecule has 4 nitrogen and oxygen atoms in total. The summed E-state index contributed by atoms with van der Waals surface area (Å²) in [4.78, 5) is 14.1. The maximum atomic E-state index is 11.9. The molecule has 1 aromatic carbocycles. The quantitative estimate of drug-likeness (QED) is 0.858. The number of rotatable bonds is 4. The molecule has 0 aromatic heterocycles. The highest BCUT2D eigenvalue weighted by atomic mass is 16.2. The Bertz CT molecular complexity index is 407. The predicted molar refractivity (Wildman–Crippen MR) is 76.6 cm³/mol. The van der Waals surface area contributed by atoms with Gasteiger partial charge in [0, 0.05) is 19.6 Å². The standard InChI is InChI=1S/C15H23N3O/c1-17-15(19)14-9-5-6-10-18(14)11-13(16)12-7-3-2-4-8-12/h2-4,7-8,13-14H,5-6,9-11,16H2,1H3,(H,17,19). The average Bonchev–Trinajstić information content (AvgIpc) is 2.48. The van der Waals surface area contributed by atoms with Gasteiger partial charge in [0.1, 0.15) is 0 Å². The van der Waals surface area contributed by atoms with Crippen LogP contribution in [-0.4, -0.2) is 37.0 Å². The zero-order valence-electron chi connectivity index (χ0n) is 11.5. The zero-order chi connectivity index (χ0) is 13.7. The third-order valence-electron chi connectivity index (χ3n) is 3.82. The molecule has 0 bridgehead atoms. The molecule has 1 saturated heterocycles. The highest BCUT2D eigenvalue weighted by molar-refractivity contribution is 5.81. The lowest BCUT2D eigenvalue weighted by Crippen LogP contribution is -2.50. The number of likely N-dealkylation sites (N-methyl/N-ethyl adjacent to an activating group) is 1. The second-order valence-corrected chi connectivity index (χ2v) is 5.14. The lowest BCUT2D eigenvalue weighted by atomic mass is 9.99. The molecule has 0 aliphatic carbocycles. The highest BCUT2D eigenvalue weighted by Crippen LogP contribution is 2.20. The number of carbonyl (C=O) groups excluding carboxylic acids is 1. The van der Waals surface area contributed by atoms with Crippen LogP contribution in [0.15, 0.2) is 30.3 Å². The van der Waals surface area contributed by atoms with Gasteiger partial charge in [-0.05, 0) is 24.9 Å². The van der Waals surface area contributed by atoms with Crippen LogP contribution in [0.25, 0.3) is 0 Å². The Morgan fingerprint density at radius 2 is 2.16 bits per heavy atom. The Hall–Kier alpha value is -1.39. The van der Waals surface area contributed by atoms with Crippen LogP contribution in [0.3, 0.4) is 0 Å². The van der Waals surface area contributed by atoms with Gasteiger partial charge in [-0.15, -0.1) is 0 Å². The summed E-state index contributed by atoms with van der Waals surface area (Å²) in [6.45, 7) is 1.70. The molecule has 2 unspecified atom stereocenters. The molecule has 2 atom stereocenters. The van der Waals surface area contributed by atoms with Gasteiger partial charge in [0.05, 0.1) is 6.04 Å². The Morgan fingerprint density at radius 1 is 1.42 bits per heavy atom. The summed E-state index contributed by atoms with van der Waals surface area (Å²) in [6, 6.07) is 10.0. The second kappa shape index (κ2) is 6.68. The third-order valence-corrected chi connectivity index (χ3v) is 3.82. The minimum atomic E-state index is -0.0357. The van der Waals surface area contributed by atoms with E-state index >= 15 is 0 Å². The lowest BCUT2D eigenvalue weighted by molar-refractivity contribution is -0.127. The maximum Gasteiger partial charge on any atom is 0.237 e. The van der Waals surface area contributed by atoms with Gasteiger partial charge in [0.15, 0.2) is 0 Å². The minimum absolute atomic E-state index is 0.0199. The van der Waals surface area contributed by atoms with Crippen molar-refractivity contribution in [1.82, 2.24) is 10.2 Å². The molecule has 0 radical (unpaired) electrons. The van der Waals surface area contributed by atoms with E-state index in [0.717, 1.165) is 37.9 Å². The van der Waals surface area contributed by atoms with Crippen molar-refractivity contribution in [2.24, 2.45) is 5.73 Å². The molecule has 1 fully saturated rings. The smallest absolute Gasteiger partial charge is 0.237 e. The van der Waals surface area contributed by atoms with Crippen LogP contribution in [0.4, 0.5) is 0 Å². The van der Waals surface area contributed by atoms with Gasteiger partial charge in [0.2, 0.25) is 5.91 Å². The summed E-state index contributed by atoms with van der Waals surface area (Å²) < 4.78 is 0. The molecule has 19 heavy (non-hydrogen) atoms. The first-order valence-corrected chi connectivity index (χ1v) is 6.98. The van der Waals surface area contributed by atoms with Gasteiger partial charge >= 0.3 is 0 Å². The van der Waals surface area contributed by atoms with Crippen molar-refractivity contribution in [1.29, 1.82) is 0 Å². The van der Waals surface area contributed by atoms with Gasteiger partial charge in [0.25, 0.3) is 0 Å². The van der Waals surface area contributed by atoms with Crippen molar-refractivity contribution in [3.8, 4) is 0 Å². The van der Waals surface area contributed by atoms with E-state index in [2.05, 4.69) is 10.2 Å². The van der Waals surface area contributed by atoms with E-state index in [0.29, 0.717) is 0 Å². The molecule has 3 N–H and O–H groups in total. The van der Waals surface area contributed by atoms with Crippen LogP contribution in [-0.2, 0) is 4.79 Å². The molecular weight excluding hydrogens is 238 g/mol. The fourth-order valence-corrected chi connectivity index (χ4v) is 2.73. The Balaban J connectivity index is 2.01. The predicted octanol–water partition coefficient (Wildman–Crippen LogP) is 1.29. The molecule has 104 valence electrons.